The van der Waals surface area contributed by atoms with E-state index in [1.807, 2.05) is 6.92 Å². The Balaban J connectivity index is 4.20. The van der Waals surface area contributed by atoms with Gasteiger partial charge in [0.05, 0.1) is 6.04 Å². The normalized spacial score (nSPS) is 15.5. The summed E-state index contributed by atoms with van der Waals surface area (Å²) in [6.07, 6.45) is 1.50. The maximum atomic E-state index is 10.9. The van der Waals surface area contributed by atoms with Crippen molar-refractivity contribution in [3.8, 4) is 0 Å². The van der Waals surface area contributed by atoms with Crippen molar-refractivity contribution in [1.29, 1.82) is 0 Å². The van der Waals surface area contributed by atoms with E-state index in [0.29, 0.717) is 6.42 Å². The minimum Gasteiger partial charge on any atom is -0.310 e. The molecule has 0 fully saturated rings. The highest BCUT2D eigenvalue weighted by Gasteiger charge is 2.21. The Labute approximate surface area is 67.2 Å². The van der Waals surface area contributed by atoms with Crippen LogP contribution in [-0.4, -0.2) is 25.2 Å². The van der Waals surface area contributed by atoms with Crippen LogP contribution in [0.15, 0.2) is 0 Å². The Morgan fingerprint density at radius 3 is 2.27 bits per heavy atom. The molecule has 0 radical (unpaired) electrons. The number of hydrogen-bond acceptors (Lipinski definition) is 3. The van der Waals surface area contributed by atoms with Gasteiger partial charge in [-0.05, 0) is 20.4 Å². The number of likely N-dealkylation sites (N-methyl/N-ethyl adjacent to an activating group) is 1. The van der Waals surface area contributed by atoms with Crippen LogP contribution in [0.5, 0.6) is 0 Å². The molecule has 2 atom stereocenters. The molecule has 0 spiro atoms. The van der Waals surface area contributed by atoms with E-state index in [2.05, 4.69) is 5.32 Å². The molecule has 3 heteroatoms. The van der Waals surface area contributed by atoms with Gasteiger partial charge in [0, 0.05) is 5.92 Å². The van der Waals surface area contributed by atoms with Crippen LogP contribution in [0.25, 0.3) is 0 Å². The molecular weight excluding hydrogens is 142 g/mol. The van der Waals surface area contributed by atoms with Crippen LogP contribution in [0, 0.1) is 5.92 Å². The predicted molar refractivity (Wildman–Crippen MR) is 43.4 cm³/mol. The van der Waals surface area contributed by atoms with E-state index in [9.17, 15) is 9.59 Å². The lowest BCUT2D eigenvalue weighted by molar-refractivity contribution is -0.124. The van der Waals surface area contributed by atoms with E-state index < -0.39 is 0 Å². The van der Waals surface area contributed by atoms with Gasteiger partial charge in [0.2, 0.25) is 0 Å². The van der Waals surface area contributed by atoms with Crippen molar-refractivity contribution in [3.63, 3.8) is 0 Å². The number of carbonyl (C=O) groups is 2. The second-order valence-corrected chi connectivity index (χ2v) is 2.58. The summed E-state index contributed by atoms with van der Waals surface area (Å²) in [6.45, 7) is 3.42. The number of aldehydes is 1. The van der Waals surface area contributed by atoms with Crippen molar-refractivity contribution >= 4 is 12.1 Å². The Hall–Kier alpha value is -0.700. The number of ketones is 1. The van der Waals surface area contributed by atoms with Crippen molar-refractivity contribution < 1.29 is 9.59 Å². The third-order valence-electron chi connectivity index (χ3n) is 1.88. The largest absolute Gasteiger partial charge is 0.310 e. The Bertz CT molecular complexity index is 145. The summed E-state index contributed by atoms with van der Waals surface area (Å²) in [6, 6.07) is -0.322. The van der Waals surface area contributed by atoms with Crippen LogP contribution in [0.2, 0.25) is 0 Å². The highest BCUT2D eigenvalue weighted by molar-refractivity contribution is 5.82. The van der Waals surface area contributed by atoms with Gasteiger partial charge >= 0.3 is 0 Å². The first-order chi connectivity index (χ1) is 5.17. The molecular formula is C8H15NO2. The third-order valence-corrected chi connectivity index (χ3v) is 1.88. The number of rotatable bonds is 5. The minimum atomic E-state index is -0.322. The third kappa shape index (κ3) is 2.80. The van der Waals surface area contributed by atoms with Crippen molar-refractivity contribution in [3.05, 3.63) is 0 Å². The molecule has 0 saturated carbocycles. The molecule has 0 aliphatic carbocycles. The molecule has 0 saturated heterocycles. The zero-order valence-corrected chi connectivity index (χ0v) is 7.26. The molecule has 3 nitrogen and oxygen atoms in total. The number of Topliss-reactive ketones (excluding diaryl/α,β-unsaturated/α-hetero) is 1. The Morgan fingerprint density at radius 1 is 1.64 bits per heavy atom. The van der Waals surface area contributed by atoms with Crippen molar-refractivity contribution in [2.24, 2.45) is 5.92 Å². The van der Waals surface area contributed by atoms with E-state index in [1.165, 1.54) is 6.92 Å². The van der Waals surface area contributed by atoms with Crippen LogP contribution in [0.1, 0.15) is 20.3 Å². The van der Waals surface area contributed by atoms with E-state index in [4.69, 9.17) is 0 Å². The zero-order valence-electron chi connectivity index (χ0n) is 7.26. The maximum absolute atomic E-state index is 10.9. The quantitative estimate of drug-likeness (QED) is 0.587. The summed E-state index contributed by atoms with van der Waals surface area (Å²) in [4.78, 5) is 21.4. The van der Waals surface area contributed by atoms with Gasteiger partial charge in [-0.3, -0.25) is 4.79 Å². The molecule has 0 aliphatic heterocycles. The first-order valence-corrected chi connectivity index (χ1v) is 3.80. The fourth-order valence-corrected chi connectivity index (χ4v) is 1.16. The first-order valence-electron chi connectivity index (χ1n) is 3.80. The summed E-state index contributed by atoms with van der Waals surface area (Å²) in [7, 11) is 1.69. The van der Waals surface area contributed by atoms with E-state index in [-0.39, 0.29) is 17.7 Å². The van der Waals surface area contributed by atoms with Crippen LogP contribution in [0.3, 0.4) is 0 Å². The molecule has 0 aromatic rings. The average Bonchev–Trinajstić information content (AvgIpc) is 1.99. The van der Waals surface area contributed by atoms with Crippen molar-refractivity contribution in [2.45, 2.75) is 26.3 Å². The Morgan fingerprint density at radius 2 is 2.18 bits per heavy atom. The second-order valence-electron chi connectivity index (χ2n) is 2.58. The molecule has 0 heterocycles. The topological polar surface area (TPSA) is 46.2 Å². The predicted octanol–water partition coefficient (Wildman–Crippen LogP) is 0.388. The molecule has 64 valence electrons. The van der Waals surface area contributed by atoms with Crippen LogP contribution in [0.4, 0.5) is 0 Å². The number of hydrogen-bond donors (Lipinski definition) is 1. The fraction of sp³-hybridized carbons (Fsp3) is 0.750. The van der Waals surface area contributed by atoms with Gasteiger partial charge in [-0.25, -0.2) is 0 Å². The Kier molecular flexibility index (Phi) is 4.70. The summed E-state index contributed by atoms with van der Waals surface area (Å²) in [5.74, 6) is -0.101. The van der Waals surface area contributed by atoms with E-state index in [0.717, 1.165) is 6.29 Å². The molecule has 0 bridgehead atoms. The molecule has 0 rings (SSSR count). The van der Waals surface area contributed by atoms with E-state index >= 15 is 0 Å². The van der Waals surface area contributed by atoms with Crippen LogP contribution < -0.4 is 5.32 Å². The smallest absolute Gasteiger partial charge is 0.137 e. The second kappa shape index (κ2) is 5.02. The van der Waals surface area contributed by atoms with Gasteiger partial charge in [-0.1, -0.05) is 6.92 Å². The van der Waals surface area contributed by atoms with Gasteiger partial charge in [0.15, 0.2) is 0 Å². The average molecular weight is 157 g/mol. The molecule has 11 heavy (non-hydrogen) atoms. The molecule has 2 unspecified atom stereocenters. The summed E-state index contributed by atoms with van der Waals surface area (Å²) >= 11 is 0. The van der Waals surface area contributed by atoms with Gasteiger partial charge in [0.1, 0.15) is 12.1 Å². The lowest BCUT2D eigenvalue weighted by Gasteiger charge is -2.17. The highest BCUT2D eigenvalue weighted by Crippen LogP contribution is 2.07. The van der Waals surface area contributed by atoms with Crippen LogP contribution in [-0.2, 0) is 9.59 Å². The molecule has 0 aromatic carbocycles. The molecule has 1 N–H and O–H groups in total. The van der Waals surface area contributed by atoms with Crippen molar-refractivity contribution in [2.75, 3.05) is 7.05 Å². The lowest BCUT2D eigenvalue weighted by Crippen LogP contribution is -2.38. The first kappa shape index (κ1) is 10.3. The van der Waals surface area contributed by atoms with Gasteiger partial charge in [-0.15, -0.1) is 0 Å². The fourth-order valence-electron chi connectivity index (χ4n) is 1.16. The molecule has 0 aliphatic rings. The molecule has 0 aromatic heterocycles. The highest BCUT2D eigenvalue weighted by atomic mass is 16.1. The van der Waals surface area contributed by atoms with Gasteiger partial charge in [0.25, 0.3) is 0 Å². The summed E-state index contributed by atoms with van der Waals surface area (Å²) in [5, 5.41) is 2.80. The molecule has 0 amide bonds. The zero-order chi connectivity index (χ0) is 8.85. The number of nitrogens with one attached hydrogen (secondary N) is 1. The number of carbonyl (C=O) groups excluding carboxylic acids is 2. The lowest BCUT2D eigenvalue weighted by atomic mass is 9.94. The van der Waals surface area contributed by atoms with Crippen molar-refractivity contribution in [1.82, 2.24) is 5.32 Å². The monoisotopic (exact) mass is 157 g/mol. The van der Waals surface area contributed by atoms with E-state index in [1.54, 1.807) is 7.05 Å². The van der Waals surface area contributed by atoms with Gasteiger partial charge in [-0.2, -0.15) is 0 Å². The van der Waals surface area contributed by atoms with Crippen LogP contribution >= 0.6 is 0 Å². The SMILES string of the molecule is CCC(C(C)=O)C(C=O)NC. The standard InChI is InChI=1S/C8H15NO2/c1-4-7(6(2)11)8(5-10)9-3/h5,7-9H,4H2,1-3H3. The summed E-state index contributed by atoms with van der Waals surface area (Å²) < 4.78 is 0. The van der Waals surface area contributed by atoms with Gasteiger partial charge < -0.3 is 10.1 Å². The summed E-state index contributed by atoms with van der Waals surface area (Å²) in [5.41, 5.74) is 0. The maximum Gasteiger partial charge on any atom is 0.137 e. The minimum absolute atomic E-state index is 0.0685.